The summed E-state index contributed by atoms with van der Waals surface area (Å²) in [6.45, 7) is 6.52. The molecule has 1 atom stereocenters. The third-order valence-electron chi connectivity index (χ3n) is 2.81. The summed E-state index contributed by atoms with van der Waals surface area (Å²) in [5.41, 5.74) is 5.16. The van der Waals surface area contributed by atoms with Gasteiger partial charge in [-0.3, -0.25) is 4.98 Å². The minimum Gasteiger partial charge on any atom is -0.258 e. The predicted molar refractivity (Wildman–Crippen MR) is 55.5 cm³/mol. The number of fused-ring (bicyclic) bond motifs is 1. The first-order chi connectivity index (χ1) is 6.16. The number of hydrogen-bond acceptors (Lipinski definition) is 1. The highest BCUT2D eigenvalue weighted by molar-refractivity contribution is 5.58. The molecule has 2 rings (SSSR count). The van der Waals surface area contributed by atoms with Crippen LogP contribution < -0.4 is 0 Å². The van der Waals surface area contributed by atoms with Crippen molar-refractivity contribution in [2.45, 2.75) is 27.2 Å². The van der Waals surface area contributed by atoms with Crippen molar-refractivity contribution in [3.8, 4) is 0 Å². The predicted octanol–water partition coefficient (Wildman–Crippen LogP) is 2.99. The third kappa shape index (κ3) is 1.51. The summed E-state index contributed by atoms with van der Waals surface area (Å²) in [7, 11) is 0. The Kier molecular flexibility index (Phi) is 1.95. The molecule has 1 aliphatic rings. The number of nitrogens with zero attached hydrogens (tertiary/aromatic N) is 1. The van der Waals surface area contributed by atoms with Gasteiger partial charge in [0.2, 0.25) is 0 Å². The van der Waals surface area contributed by atoms with Gasteiger partial charge in [-0.05, 0) is 37.8 Å². The Labute approximate surface area is 79.5 Å². The Morgan fingerprint density at radius 1 is 1.31 bits per heavy atom. The van der Waals surface area contributed by atoms with Crippen molar-refractivity contribution in [1.29, 1.82) is 0 Å². The van der Waals surface area contributed by atoms with Crippen molar-refractivity contribution in [2.75, 3.05) is 0 Å². The first kappa shape index (κ1) is 8.49. The normalized spacial score (nSPS) is 20.8. The molecule has 0 saturated heterocycles. The van der Waals surface area contributed by atoms with E-state index in [1.807, 2.05) is 0 Å². The molecule has 0 aliphatic heterocycles. The minimum atomic E-state index is 0.654. The molecule has 1 nitrogen and oxygen atoms in total. The quantitative estimate of drug-likeness (QED) is 0.587. The van der Waals surface area contributed by atoms with E-state index in [1.54, 1.807) is 0 Å². The van der Waals surface area contributed by atoms with E-state index in [4.69, 9.17) is 0 Å². The summed E-state index contributed by atoms with van der Waals surface area (Å²) in [6, 6.07) is 4.26. The molecule has 0 spiro atoms. The molecule has 1 unspecified atom stereocenters. The molecule has 0 fully saturated rings. The number of aryl methyl sites for hydroxylation is 1. The van der Waals surface area contributed by atoms with Gasteiger partial charge in [0, 0.05) is 11.4 Å². The maximum Gasteiger partial charge on any atom is 0.0484 e. The van der Waals surface area contributed by atoms with Crippen LogP contribution in [0.25, 0.3) is 6.08 Å². The third-order valence-corrected chi connectivity index (χ3v) is 2.81. The van der Waals surface area contributed by atoms with Crippen LogP contribution in [0.2, 0.25) is 0 Å². The zero-order valence-electron chi connectivity index (χ0n) is 8.46. The molecule has 0 saturated carbocycles. The fraction of sp³-hybridized carbons (Fsp3) is 0.417. The van der Waals surface area contributed by atoms with Gasteiger partial charge >= 0.3 is 0 Å². The van der Waals surface area contributed by atoms with Crippen LogP contribution in [0.4, 0.5) is 0 Å². The van der Waals surface area contributed by atoms with E-state index in [9.17, 15) is 0 Å². The van der Waals surface area contributed by atoms with Crippen LogP contribution >= 0.6 is 0 Å². The zero-order chi connectivity index (χ0) is 9.42. The average molecular weight is 173 g/mol. The fourth-order valence-electron chi connectivity index (χ4n) is 1.75. The van der Waals surface area contributed by atoms with Crippen LogP contribution in [0.5, 0.6) is 0 Å². The van der Waals surface area contributed by atoms with Crippen molar-refractivity contribution in [3.63, 3.8) is 0 Å². The molecule has 1 heterocycles. The minimum absolute atomic E-state index is 0.654. The first-order valence-corrected chi connectivity index (χ1v) is 4.81. The number of aromatic nitrogens is 1. The first-order valence-electron chi connectivity index (χ1n) is 4.81. The largest absolute Gasteiger partial charge is 0.258 e. The van der Waals surface area contributed by atoms with E-state index in [-0.39, 0.29) is 0 Å². The smallest absolute Gasteiger partial charge is 0.0484 e. The monoisotopic (exact) mass is 173 g/mol. The van der Waals surface area contributed by atoms with Crippen LogP contribution in [0.1, 0.15) is 30.8 Å². The van der Waals surface area contributed by atoms with E-state index >= 15 is 0 Å². The topological polar surface area (TPSA) is 12.9 Å². The lowest BCUT2D eigenvalue weighted by Gasteiger charge is -2.19. The molecule has 0 radical (unpaired) electrons. The van der Waals surface area contributed by atoms with Gasteiger partial charge in [-0.1, -0.05) is 24.6 Å². The second-order valence-corrected chi connectivity index (χ2v) is 3.98. The van der Waals surface area contributed by atoms with Gasteiger partial charge in [-0.25, -0.2) is 0 Å². The lowest BCUT2D eigenvalue weighted by molar-refractivity contribution is 0.656. The van der Waals surface area contributed by atoms with Gasteiger partial charge in [0.15, 0.2) is 0 Å². The summed E-state index contributed by atoms with van der Waals surface area (Å²) >= 11 is 0. The molecule has 68 valence electrons. The summed E-state index contributed by atoms with van der Waals surface area (Å²) in [6.07, 6.45) is 3.36. The standard InChI is InChI=1S/C12H15N/c1-8-6-11-5-4-10(3)13-12(11)7-9(8)2/h4-6,9H,7H2,1-3H3. The maximum atomic E-state index is 4.55. The number of rotatable bonds is 0. The lowest BCUT2D eigenvalue weighted by Crippen LogP contribution is -2.10. The molecule has 0 aromatic carbocycles. The van der Waals surface area contributed by atoms with Crippen molar-refractivity contribution < 1.29 is 0 Å². The molecular weight excluding hydrogens is 158 g/mol. The lowest BCUT2D eigenvalue weighted by atomic mass is 9.88. The van der Waals surface area contributed by atoms with E-state index in [1.165, 1.54) is 16.8 Å². The van der Waals surface area contributed by atoms with Gasteiger partial charge in [-0.15, -0.1) is 0 Å². The SMILES string of the molecule is CC1=Cc2ccc(C)nc2CC1C. The molecule has 0 bridgehead atoms. The molecule has 1 aromatic heterocycles. The molecule has 1 aromatic rings. The molecule has 1 aliphatic carbocycles. The van der Waals surface area contributed by atoms with Crippen molar-refractivity contribution in [3.05, 3.63) is 34.7 Å². The molecular formula is C12H15N. The second-order valence-electron chi connectivity index (χ2n) is 3.98. The van der Waals surface area contributed by atoms with Crippen LogP contribution in [0.15, 0.2) is 17.7 Å². The summed E-state index contributed by atoms with van der Waals surface area (Å²) < 4.78 is 0. The van der Waals surface area contributed by atoms with E-state index in [0.717, 1.165) is 12.1 Å². The number of hydrogen-bond donors (Lipinski definition) is 0. The Balaban J connectivity index is 2.50. The molecule has 1 heteroatoms. The molecule has 0 amide bonds. The van der Waals surface area contributed by atoms with Gasteiger partial charge in [0.05, 0.1) is 0 Å². The highest BCUT2D eigenvalue weighted by atomic mass is 14.7. The second kappa shape index (κ2) is 2.99. The molecule has 0 N–H and O–H groups in total. The van der Waals surface area contributed by atoms with Gasteiger partial charge in [0.1, 0.15) is 0 Å². The van der Waals surface area contributed by atoms with Gasteiger partial charge < -0.3 is 0 Å². The average Bonchev–Trinajstić information content (AvgIpc) is 2.08. The van der Waals surface area contributed by atoms with Crippen LogP contribution in [0.3, 0.4) is 0 Å². The van der Waals surface area contributed by atoms with Crippen molar-refractivity contribution >= 4 is 6.08 Å². The maximum absolute atomic E-state index is 4.55. The Bertz CT molecular complexity index is 363. The number of pyridine rings is 1. The van der Waals surface area contributed by atoms with E-state index < -0.39 is 0 Å². The Morgan fingerprint density at radius 3 is 2.85 bits per heavy atom. The van der Waals surface area contributed by atoms with Crippen LogP contribution in [-0.2, 0) is 6.42 Å². The van der Waals surface area contributed by atoms with Crippen LogP contribution in [-0.4, -0.2) is 4.98 Å². The highest BCUT2D eigenvalue weighted by Crippen LogP contribution is 2.26. The summed E-state index contributed by atoms with van der Waals surface area (Å²) in [4.78, 5) is 4.55. The fourth-order valence-corrected chi connectivity index (χ4v) is 1.75. The Hall–Kier alpha value is -1.11. The van der Waals surface area contributed by atoms with E-state index in [2.05, 4.69) is 44.0 Å². The highest BCUT2D eigenvalue weighted by Gasteiger charge is 2.15. The van der Waals surface area contributed by atoms with Crippen molar-refractivity contribution in [1.82, 2.24) is 4.98 Å². The Morgan fingerprint density at radius 2 is 2.08 bits per heavy atom. The summed E-state index contributed by atoms with van der Waals surface area (Å²) in [5, 5.41) is 0. The van der Waals surface area contributed by atoms with Gasteiger partial charge in [0.25, 0.3) is 0 Å². The molecule has 13 heavy (non-hydrogen) atoms. The van der Waals surface area contributed by atoms with Crippen molar-refractivity contribution in [2.24, 2.45) is 5.92 Å². The summed E-state index contributed by atoms with van der Waals surface area (Å²) in [5.74, 6) is 0.654. The zero-order valence-corrected chi connectivity index (χ0v) is 8.46. The van der Waals surface area contributed by atoms with Crippen LogP contribution in [0, 0.1) is 12.8 Å². The van der Waals surface area contributed by atoms with Gasteiger partial charge in [-0.2, -0.15) is 0 Å². The van der Waals surface area contributed by atoms with E-state index in [0.29, 0.717) is 5.92 Å². The number of allylic oxidation sites excluding steroid dienone is 1.